The number of aryl methyl sites for hydroxylation is 1. The molecule has 3 atom stereocenters. The van der Waals surface area contributed by atoms with Crippen LogP contribution in [-0.2, 0) is 11.2 Å². The molecule has 0 aliphatic carbocycles. The number of nitrogens with two attached hydrogens (primary N) is 1. The summed E-state index contributed by atoms with van der Waals surface area (Å²) in [6.45, 7) is 2.14. The van der Waals surface area contributed by atoms with E-state index < -0.39 is 30.0 Å². The Morgan fingerprint density at radius 2 is 1.86 bits per heavy atom. The third-order valence-corrected chi connectivity index (χ3v) is 5.11. The van der Waals surface area contributed by atoms with Crippen molar-refractivity contribution >= 4 is 11.8 Å². The fourth-order valence-corrected chi connectivity index (χ4v) is 3.65. The highest BCUT2D eigenvalue weighted by Crippen LogP contribution is 2.28. The van der Waals surface area contributed by atoms with Crippen molar-refractivity contribution in [2.75, 3.05) is 6.54 Å². The van der Waals surface area contributed by atoms with E-state index in [2.05, 4.69) is 6.92 Å². The Balaban J connectivity index is 1.95. The summed E-state index contributed by atoms with van der Waals surface area (Å²) in [6, 6.07) is 13.1. The molecule has 28 heavy (non-hydrogen) atoms. The topological polar surface area (TPSA) is 116 Å². The minimum absolute atomic E-state index is 0.0157. The van der Waals surface area contributed by atoms with Crippen molar-refractivity contribution in [3.05, 3.63) is 59.7 Å². The minimum Gasteiger partial charge on any atom is -0.389 e. The molecule has 148 valence electrons. The van der Waals surface area contributed by atoms with Gasteiger partial charge in [0, 0.05) is 12.1 Å². The van der Waals surface area contributed by atoms with Gasteiger partial charge in [-0.15, -0.1) is 0 Å². The van der Waals surface area contributed by atoms with Gasteiger partial charge in [-0.05, 0) is 29.2 Å². The Kier molecular flexibility index (Phi) is 6.08. The lowest BCUT2D eigenvalue weighted by Gasteiger charge is -2.25. The van der Waals surface area contributed by atoms with Crippen LogP contribution in [0.25, 0.3) is 11.1 Å². The molecule has 0 aromatic heterocycles. The molecule has 0 radical (unpaired) electrons. The molecule has 7 heteroatoms. The van der Waals surface area contributed by atoms with Gasteiger partial charge < -0.3 is 15.7 Å². The zero-order valence-electron chi connectivity index (χ0n) is 15.7. The zero-order valence-corrected chi connectivity index (χ0v) is 15.7. The van der Waals surface area contributed by atoms with Crippen molar-refractivity contribution in [1.29, 1.82) is 0 Å². The van der Waals surface area contributed by atoms with Gasteiger partial charge in [-0.2, -0.15) is 0 Å². The molecule has 0 saturated carbocycles. The van der Waals surface area contributed by atoms with Crippen molar-refractivity contribution in [2.24, 2.45) is 5.73 Å². The highest BCUT2D eigenvalue weighted by atomic mass is 16.5. The van der Waals surface area contributed by atoms with Crippen LogP contribution in [0.5, 0.6) is 0 Å². The first-order valence-electron chi connectivity index (χ1n) is 9.34. The second-order valence-corrected chi connectivity index (χ2v) is 7.03. The molecule has 5 N–H and O–H groups in total. The number of likely N-dealkylation sites (tertiary alicyclic amines) is 1. The number of hydrogen-bond donors (Lipinski definition) is 4. The summed E-state index contributed by atoms with van der Waals surface area (Å²) < 4.78 is 0. The number of benzene rings is 2. The quantitative estimate of drug-likeness (QED) is 0.459. The number of carbonyl (C=O) groups is 2. The summed E-state index contributed by atoms with van der Waals surface area (Å²) in [5.74, 6) is -1.29. The van der Waals surface area contributed by atoms with Gasteiger partial charge in [-0.3, -0.25) is 14.8 Å². The van der Waals surface area contributed by atoms with Gasteiger partial charge in [0.05, 0.1) is 6.04 Å². The number of nitrogens with one attached hydrogen (secondary N) is 1. The highest BCUT2D eigenvalue weighted by Gasteiger charge is 2.46. The number of hydrogen-bond acceptors (Lipinski definition) is 5. The van der Waals surface area contributed by atoms with Gasteiger partial charge in [-0.1, -0.05) is 55.8 Å². The van der Waals surface area contributed by atoms with E-state index in [1.165, 1.54) is 15.9 Å². The third-order valence-electron chi connectivity index (χ3n) is 5.11. The lowest BCUT2D eigenvalue weighted by atomic mass is 9.97. The van der Waals surface area contributed by atoms with Crippen LogP contribution in [0.2, 0.25) is 0 Å². The second kappa shape index (κ2) is 8.52. The number of hydroxylamine groups is 1. The molecule has 2 aromatic carbocycles. The van der Waals surface area contributed by atoms with Crippen LogP contribution in [-0.4, -0.2) is 51.8 Å². The average molecular weight is 383 g/mol. The maximum absolute atomic E-state index is 13.2. The monoisotopic (exact) mass is 383 g/mol. The van der Waals surface area contributed by atoms with E-state index in [0.717, 1.165) is 24.0 Å². The molecule has 1 fully saturated rings. The van der Waals surface area contributed by atoms with Gasteiger partial charge in [0.2, 0.25) is 0 Å². The van der Waals surface area contributed by atoms with Gasteiger partial charge >= 0.3 is 0 Å². The molecule has 3 rings (SSSR count). The smallest absolute Gasteiger partial charge is 0.268 e. The molecule has 1 aliphatic rings. The fraction of sp³-hybridized carbons (Fsp3) is 0.333. The maximum Gasteiger partial charge on any atom is 0.268 e. The Morgan fingerprint density at radius 1 is 1.18 bits per heavy atom. The standard InChI is InChI=1S/C21H25N3O4/c1-2-5-13-8-10-14(11-9-13)15-6-3-4-7-16(15)21(27)24-12-17(22)19(25)18(24)20(26)23-28/h3-4,6-11,17-19,25,28H,2,5,12,22H2,1H3,(H,23,26)/t17-,18+,19+/m1/s1. The summed E-state index contributed by atoms with van der Waals surface area (Å²) in [4.78, 5) is 26.4. The summed E-state index contributed by atoms with van der Waals surface area (Å²) >= 11 is 0. The minimum atomic E-state index is -1.25. The predicted molar refractivity (Wildman–Crippen MR) is 105 cm³/mol. The van der Waals surface area contributed by atoms with Crippen LogP contribution in [0.1, 0.15) is 29.3 Å². The van der Waals surface area contributed by atoms with Gasteiger partial charge in [-0.25, -0.2) is 5.48 Å². The summed E-state index contributed by atoms with van der Waals surface area (Å²) in [5, 5.41) is 19.2. The summed E-state index contributed by atoms with van der Waals surface area (Å²) in [6.07, 6.45) is 0.791. The van der Waals surface area contributed by atoms with E-state index >= 15 is 0 Å². The molecular weight excluding hydrogens is 358 g/mol. The maximum atomic E-state index is 13.2. The SMILES string of the molecule is CCCc1ccc(-c2ccccc2C(=O)N2C[C@@H](N)[C@H](O)[C@H]2C(=O)NO)cc1. The molecule has 1 aliphatic heterocycles. The van der Waals surface area contributed by atoms with Crippen LogP contribution >= 0.6 is 0 Å². The Morgan fingerprint density at radius 3 is 2.50 bits per heavy atom. The predicted octanol–water partition coefficient (Wildman–Crippen LogP) is 1.32. The van der Waals surface area contributed by atoms with Crippen molar-refractivity contribution in [3.63, 3.8) is 0 Å². The van der Waals surface area contributed by atoms with Gasteiger partial charge in [0.15, 0.2) is 0 Å². The Labute approximate surface area is 163 Å². The van der Waals surface area contributed by atoms with Crippen LogP contribution in [0, 0.1) is 0 Å². The highest BCUT2D eigenvalue weighted by molar-refractivity contribution is 6.03. The van der Waals surface area contributed by atoms with Crippen LogP contribution in [0.4, 0.5) is 0 Å². The first kappa shape index (κ1) is 20.0. The van der Waals surface area contributed by atoms with Crippen molar-refractivity contribution in [1.82, 2.24) is 10.4 Å². The molecule has 0 spiro atoms. The number of aliphatic hydroxyl groups is 1. The van der Waals surface area contributed by atoms with E-state index in [1.54, 1.807) is 12.1 Å². The van der Waals surface area contributed by atoms with E-state index in [9.17, 15) is 14.7 Å². The first-order valence-corrected chi connectivity index (χ1v) is 9.34. The van der Waals surface area contributed by atoms with E-state index in [0.29, 0.717) is 5.56 Å². The van der Waals surface area contributed by atoms with Crippen LogP contribution in [0.3, 0.4) is 0 Å². The van der Waals surface area contributed by atoms with Crippen LogP contribution < -0.4 is 11.2 Å². The number of amides is 2. The molecule has 0 unspecified atom stereocenters. The number of aliphatic hydroxyl groups excluding tert-OH is 1. The Hall–Kier alpha value is -2.74. The van der Waals surface area contributed by atoms with E-state index in [4.69, 9.17) is 10.9 Å². The molecule has 2 aromatic rings. The lowest BCUT2D eigenvalue weighted by molar-refractivity contribution is -0.135. The molecule has 2 amide bonds. The van der Waals surface area contributed by atoms with Gasteiger partial charge in [0.25, 0.3) is 11.8 Å². The summed E-state index contributed by atoms with van der Waals surface area (Å²) in [5.41, 5.74) is 10.6. The second-order valence-electron chi connectivity index (χ2n) is 7.03. The largest absolute Gasteiger partial charge is 0.389 e. The van der Waals surface area contributed by atoms with Crippen LogP contribution in [0.15, 0.2) is 48.5 Å². The lowest BCUT2D eigenvalue weighted by Crippen LogP contribution is -2.50. The fourth-order valence-electron chi connectivity index (χ4n) is 3.65. The Bertz CT molecular complexity index is 853. The summed E-state index contributed by atoms with van der Waals surface area (Å²) in [7, 11) is 0. The molecule has 1 heterocycles. The zero-order chi connectivity index (χ0) is 20.3. The number of rotatable bonds is 5. The molecule has 0 bridgehead atoms. The average Bonchev–Trinajstić information content (AvgIpc) is 3.02. The van der Waals surface area contributed by atoms with Crippen molar-refractivity contribution in [2.45, 2.75) is 38.0 Å². The normalized spacial score (nSPS) is 21.6. The van der Waals surface area contributed by atoms with Crippen molar-refractivity contribution in [3.8, 4) is 11.1 Å². The van der Waals surface area contributed by atoms with Crippen molar-refractivity contribution < 1.29 is 19.9 Å². The number of nitrogens with zero attached hydrogens (tertiary/aromatic N) is 1. The van der Waals surface area contributed by atoms with E-state index in [-0.39, 0.29) is 6.54 Å². The molecular formula is C21H25N3O4. The van der Waals surface area contributed by atoms with E-state index in [1.807, 2.05) is 36.4 Å². The molecule has 1 saturated heterocycles. The third kappa shape index (κ3) is 3.77. The first-order chi connectivity index (χ1) is 13.5. The molecule has 7 nitrogen and oxygen atoms in total. The van der Waals surface area contributed by atoms with Gasteiger partial charge in [0.1, 0.15) is 12.1 Å². The number of carbonyl (C=O) groups excluding carboxylic acids is 2.